The molecule has 7 nitrogen and oxygen atoms in total. The van der Waals surface area contributed by atoms with Crippen LogP contribution in [0.25, 0.3) is 5.57 Å². The van der Waals surface area contributed by atoms with Gasteiger partial charge in [0.25, 0.3) is 11.8 Å². The van der Waals surface area contributed by atoms with Crippen LogP contribution in [0.2, 0.25) is 0 Å². The zero-order valence-electron chi connectivity index (χ0n) is 17.6. The highest BCUT2D eigenvalue weighted by Gasteiger charge is 2.44. The van der Waals surface area contributed by atoms with Gasteiger partial charge >= 0.3 is 0 Å². The quantitative estimate of drug-likeness (QED) is 0.561. The molecule has 4 heterocycles. The summed E-state index contributed by atoms with van der Waals surface area (Å²) in [5.74, 6) is 0.781. The van der Waals surface area contributed by atoms with Gasteiger partial charge in [-0.15, -0.1) is 11.3 Å². The number of nitrogens with zero attached hydrogens (tertiary/aromatic N) is 4. The normalized spacial score (nSPS) is 16.8. The number of anilines is 2. The third-order valence-electron chi connectivity index (χ3n) is 5.72. The lowest BCUT2D eigenvalue weighted by atomic mass is 10.1. The maximum atomic E-state index is 13.7. The van der Waals surface area contributed by atoms with E-state index in [0.29, 0.717) is 48.9 Å². The van der Waals surface area contributed by atoms with E-state index in [0.717, 1.165) is 10.7 Å². The fraction of sp³-hybridized carbons (Fsp3) is 0.208. The van der Waals surface area contributed by atoms with Gasteiger partial charge in [-0.25, -0.2) is 9.88 Å². The van der Waals surface area contributed by atoms with E-state index in [-0.39, 0.29) is 11.8 Å². The zero-order valence-corrected chi connectivity index (χ0v) is 18.4. The Bertz CT molecular complexity index is 1170. The van der Waals surface area contributed by atoms with E-state index in [1.807, 2.05) is 46.7 Å². The molecular weight excluding hydrogens is 424 g/mol. The molecule has 32 heavy (non-hydrogen) atoms. The van der Waals surface area contributed by atoms with Crippen LogP contribution in [0.5, 0.6) is 5.75 Å². The number of hydrogen-bond acceptors (Lipinski definition) is 7. The summed E-state index contributed by atoms with van der Waals surface area (Å²) in [5, 5.41) is 1.92. The Morgan fingerprint density at radius 3 is 2.31 bits per heavy atom. The first-order valence-corrected chi connectivity index (χ1v) is 11.3. The van der Waals surface area contributed by atoms with E-state index in [9.17, 15) is 9.59 Å². The fourth-order valence-corrected chi connectivity index (χ4v) is 4.95. The van der Waals surface area contributed by atoms with Crippen molar-refractivity contribution in [3.63, 3.8) is 0 Å². The van der Waals surface area contributed by atoms with Gasteiger partial charge in [0, 0.05) is 37.3 Å². The minimum Gasteiger partial charge on any atom is -0.495 e. The number of benzene rings is 1. The molecule has 2 aliphatic rings. The molecule has 8 heteroatoms. The Hall–Kier alpha value is -3.65. The van der Waals surface area contributed by atoms with Crippen LogP contribution in [0.15, 0.2) is 71.9 Å². The smallest absolute Gasteiger partial charge is 0.282 e. The van der Waals surface area contributed by atoms with E-state index in [1.165, 1.54) is 23.3 Å². The number of thiophene rings is 1. The molecule has 162 valence electrons. The van der Waals surface area contributed by atoms with Crippen molar-refractivity contribution in [3.05, 3.63) is 76.7 Å². The summed E-state index contributed by atoms with van der Waals surface area (Å²) in [4.78, 5) is 37.9. The van der Waals surface area contributed by atoms with Crippen molar-refractivity contribution in [2.45, 2.75) is 0 Å². The van der Waals surface area contributed by atoms with Gasteiger partial charge in [-0.1, -0.05) is 24.3 Å². The Morgan fingerprint density at radius 1 is 0.875 bits per heavy atom. The Labute approximate surface area is 190 Å². The van der Waals surface area contributed by atoms with Crippen molar-refractivity contribution in [1.29, 1.82) is 0 Å². The van der Waals surface area contributed by atoms with Crippen molar-refractivity contribution in [3.8, 4) is 5.75 Å². The average molecular weight is 447 g/mol. The van der Waals surface area contributed by atoms with Crippen LogP contribution in [0.3, 0.4) is 0 Å². The number of piperazine rings is 1. The minimum atomic E-state index is -0.316. The first-order chi connectivity index (χ1) is 15.7. The molecule has 0 radical (unpaired) electrons. The summed E-state index contributed by atoms with van der Waals surface area (Å²) in [7, 11) is 1.54. The van der Waals surface area contributed by atoms with Gasteiger partial charge in [-0.05, 0) is 35.7 Å². The van der Waals surface area contributed by atoms with Crippen LogP contribution < -0.4 is 14.5 Å². The van der Waals surface area contributed by atoms with Crippen LogP contribution in [0, 0.1) is 0 Å². The number of amides is 2. The third-order valence-corrected chi connectivity index (χ3v) is 6.61. The first kappa shape index (κ1) is 20.3. The molecular formula is C24H22N4O3S. The Kier molecular flexibility index (Phi) is 5.36. The second kappa shape index (κ2) is 8.47. The standard InChI is InChI=1S/C24H22N4O3S/c1-31-18-8-3-2-7-17(18)28-23(29)21(19-9-6-16-32-19)22(24(28)30)27-14-12-26(13-15-27)20-10-4-5-11-25-20/h2-11,16H,12-15H2,1H3. The van der Waals surface area contributed by atoms with Gasteiger partial charge in [0.15, 0.2) is 0 Å². The number of aromatic nitrogens is 1. The Morgan fingerprint density at radius 2 is 1.62 bits per heavy atom. The number of ether oxygens (including phenoxy) is 1. The number of carbonyl (C=O) groups is 2. The van der Waals surface area contributed by atoms with Crippen molar-refractivity contribution >= 4 is 40.2 Å². The summed E-state index contributed by atoms with van der Waals surface area (Å²) in [6.07, 6.45) is 1.78. The lowest BCUT2D eigenvalue weighted by molar-refractivity contribution is -0.120. The Balaban J connectivity index is 1.49. The summed E-state index contributed by atoms with van der Waals surface area (Å²) < 4.78 is 5.43. The monoisotopic (exact) mass is 446 g/mol. The molecule has 3 aromatic rings. The van der Waals surface area contributed by atoms with Gasteiger partial charge in [-0.2, -0.15) is 0 Å². The molecule has 1 aromatic carbocycles. The maximum absolute atomic E-state index is 13.7. The second-order valence-electron chi connectivity index (χ2n) is 7.48. The lowest BCUT2D eigenvalue weighted by Gasteiger charge is -2.37. The van der Waals surface area contributed by atoms with Crippen LogP contribution in [-0.2, 0) is 9.59 Å². The molecule has 0 bridgehead atoms. The SMILES string of the molecule is COc1ccccc1N1C(=O)C(c2cccs2)=C(N2CCN(c3ccccn3)CC2)C1=O. The molecule has 0 saturated carbocycles. The molecule has 2 aromatic heterocycles. The van der Waals surface area contributed by atoms with E-state index in [1.54, 1.807) is 24.4 Å². The summed E-state index contributed by atoms with van der Waals surface area (Å²) in [5.41, 5.74) is 1.38. The molecule has 0 spiro atoms. The number of carbonyl (C=O) groups excluding carboxylic acids is 2. The predicted molar refractivity (Wildman–Crippen MR) is 125 cm³/mol. The first-order valence-electron chi connectivity index (χ1n) is 10.4. The highest BCUT2D eigenvalue weighted by molar-refractivity contribution is 7.11. The number of pyridine rings is 1. The van der Waals surface area contributed by atoms with Crippen molar-refractivity contribution < 1.29 is 14.3 Å². The topological polar surface area (TPSA) is 66.0 Å². The van der Waals surface area contributed by atoms with E-state index < -0.39 is 0 Å². The summed E-state index contributed by atoms with van der Waals surface area (Å²) in [6, 6.07) is 16.7. The predicted octanol–water partition coefficient (Wildman–Crippen LogP) is 3.26. The summed E-state index contributed by atoms with van der Waals surface area (Å²) in [6.45, 7) is 2.68. The molecule has 0 aliphatic carbocycles. The van der Waals surface area contributed by atoms with E-state index >= 15 is 0 Å². The van der Waals surface area contributed by atoms with Crippen molar-refractivity contribution in [2.24, 2.45) is 0 Å². The maximum Gasteiger partial charge on any atom is 0.282 e. The second-order valence-corrected chi connectivity index (χ2v) is 8.43. The molecule has 5 rings (SSSR count). The molecule has 2 amide bonds. The number of imide groups is 1. The fourth-order valence-electron chi connectivity index (χ4n) is 4.19. The van der Waals surface area contributed by atoms with Gasteiger partial charge in [0.05, 0.1) is 18.4 Å². The van der Waals surface area contributed by atoms with Crippen LogP contribution in [0.1, 0.15) is 4.88 Å². The molecule has 2 aliphatic heterocycles. The average Bonchev–Trinajstić information content (AvgIpc) is 3.46. The minimum absolute atomic E-state index is 0.311. The molecule has 1 fully saturated rings. The van der Waals surface area contributed by atoms with Gasteiger partial charge in [0.2, 0.25) is 0 Å². The summed E-state index contributed by atoms with van der Waals surface area (Å²) >= 11 is 1.46. The third kappa shape index (κ3) is 3.42. The molecule has 1 saturated heterocycles. The molecule has 0 N–H and O–H groups in total. The number of para-hydroxylation sites is 2. The molecule has 0 atom stereocenters. The van der Waals surface area contributed by atoms with E-state index in [4.69, 9.17) is 4.74 Å². The highest BCUT2D eigenvalue weighted by Crippen LogP contribution is 2.39. The highest BCUT2D eigenvalue weighted by atomic mass is 32.1. The number of methoxy groups -OCH3 is 1. The lowest BCUT2D eigenvalue weighted by Crippen LogP contribution is -2.48. The van der Waals surface area contributed by atoms with Gasteiger partial charge < -0.3 is 14.5 Å². The molecule has 0 unspecified atom stereocenters. The van der Waals surface area contributed by atoms with Crippen LogP contribution in [0.4, 0.5) is 11.5 Å². The largest absolute Gasteiger partial charge is 0.495 e. The van der Waals surface area contributed by atoms with Gasteiger partial charge in [-0.3, -0.25) is 9.59 Å². The number of hydrogen-bond donors (Lipinski definition) is 0. The van der Waals surface area contributed by atoms with Crippen LogP contribution >= 0.6 is 11.3 Å². The van der Waals surface area contributed by atoms with Crippen molar-refractivity contribution in [2.75, 3.05) is 43.1 Å². The van der Waals surface area contributed by atoms with Gasteiger partial charge in [0.1, 0.15) is 17.3 Å². The van der Waals surface area contributed by atoms with Crippen molar-refractivity contribution in [1.82, 2.24) is 9.88 Å². The van der Waals surface area contributed by atoms with Crippen LogP contribution in [-0.4, -0.2) is 55.0 Å². The van der Waals surface area contributed by atoms with E-state index in [2.05, 4.69) is 9.88 Å². The number of rotatable bonds is 5. The zero-order chi connectivity index (χ0) is 22.1.